The largest absolute Gasteiger partial charge is 0.377 e. The molecule has 0 aliphatic carbocycles. The highest BCUT2D eigenvalue weighted by Gasteiger charge is 2.43. The molecule has 2 aromatic rings. The average Bonchev–Trinajstić information content (AvgIpc) is 2.90. The molecule has 0 N–H and O–H groups in total. The Morgan fingerprint density at radius 3 is 3.00 bits per heavy atom. The maximum atomic E-state index is 11.9. The van der Waals surface area contributed by atoms with Gasteiger partial charge in [-0.05, 0) is 31.4 Å². The average molecular weight is 357 g/mol. The summed E-state index contributed by atoms with van der Waals surface area (Å²) in [4.78, 5) is 22.9. The molecule has 26 heavy (non-hydrogen) atoms. The Labute approximate surface area is 151 Å². The van der Waals surface area contributed by atoms with Crippen LogP contribution in [0.2, 0.25) is 0 Å². The van der Waals surface area contributed by atoms with Gasteiger partial charge < -0.3 is 14.4 Å². The third kappa shape index (κ3) is 3.61. The first-order chi connectivity index (χ1) is 12.6. The molecule has 0 bridgehead atoms. The Kier molecular flexibility index (Phi) is 4.69. The van der Waals surface area contributed by atoms with Crippen LogP contribution in [0.1, 0.15) is 18.4 Å². The van der Waals surface area contributed by atoms with Crippen LogP contribution in [0.3, 0.4) is 0 Å². The first-order valence-electron chi connectivity index (χ1n) is 8.95. The fourth-order valence-electron chi connectivity index (χ4n) is 3.59. The van der Waals surface area contributed by atoms with E-state index in [2.05, 4.69) is 20.0 Å². The molecule has 2 unspecified atom stereocenters. The van der Waals surface area contributed by atoms with E-state index in [1.165, 1.54) is 10.7 Å². The predicted octanol–water partition coefficient (Wildman–Crippen LogP) is 0.796. The van der Waals surface area contributed by atoms with Gasteiger partial charge in [-0.15, -0.1) is 0 Å². The summed E-state index contributed by atoms with van der Waals surface area (Å²) in [6, 6.07) is 3.16. The van der Waals surface area contributed by atoms with Crippen molar-refractivity contribution >= 4 is 5.95 Å². The highest BCUT2D eigenvalue weighted by atomic mass is 16.6. The Bertz CT molecular complexity index is 809. The predicted molar refractivity (Wildman–Crippen MR) is 95.1 cm³/mol. The summed E-state index contributed by atoms with van der Waals surface area (Å²) in [5.74, 6) is 0.702. The van der Waals surface area contributed by atoms with Crippen molar-refractivity contribution in [3.8, 4) is 0 Å². The second-order valence-electron chi connectivity index (χ2n) is 7.04. The van der Waals surface area contributed by atoms with Crippen molar-refractivity contribution in [1.82, 2.24) is 19.7 Å². The lowest BCUT2D eigenvalue weighted by atomic mass is 10.0. The van der Waals surface area contributed by atoms with Crippen molar-refractivity contribution in [2.45, 2.75) is 38.0 Å². The van der Waals surface area contributed by atoms with Crippen LogP contribution >= 0.6 is 0 Å². The number of hydrogen-bond acceptors (Lipinski definition) is 7. The van der Waals surface area contributed by atoms with E-state index in [9.17, 15) is 4.79 Å². The Morgan fingerprint density at radius 1 is 1.35 bits per heavy atom. The van der Waals surface area contributed by atoms with Crippen LogP contribution in [-0.4, -0.2) is 57.8 Å². The number of anilines is 1. The second kappa shape index (κ2) is 7.13. The zero-order valence-electron chi connectivity index (χ0n) is 14.9. The summed E-state index contributed by atoms with van der Waals surface area (Å²) in [6.45, 7) is 5.02. The fourth-order valence-corrected chi connectivity index (χ4v) is 3.59. The quantitative estimate of drug-likeness (QED) is 0.803. The van der Waals surface area contributed by atoms with Gasteiger partial charge in [-0.1, -0.05) is 0 Å². The molecule has 8 heteroatoms. The van der Waals surface area contributed by atoms with Crippen molar-refractivity contribution < 1.29 is 9.47 Å². The summed E-state index contributed by atoms with van der Waals surface area (Å²) in [7, 11) is 0. The molecule has 4 rings (SSSR count). The molecular weight excluding hydrogens is 334 g/mol. The van der Waals surface area contributed by atoms with E-state index >= 15 is 0 Å². The third-order valence-electron chi connectivity index (χ3n) is 4.90. The first kappa shape index (κ1) is 17.1. The molecule has 0 saturated carbocycles. The van der Waals surface area contributed by atoms with Crippen LogP contribution in [0.4, 0.5) is 5.95 Å². The lowest BCUT2D eigenvalue weighted by Crippen LogP contribution is -2.45. The Morgan fingerprint density at radius 2 is 2.19 bits per heavy atom. The minimum atomic E-state index is -0.395. The fraction of sp³-hybridized carbons (Fsp3) is 0.556. The van der Waals surface area contributed by atoms with Gasteiger partial charge in [-0.2, -0.15) is 5.10 Å². The maximum absolute atomic E-state index is 11.9. The minimum Gasteiger partial charge on any atom is -0.377 e. The van der Waals surface area contributed by atoms with Gasteiger partial charge >= 0.3 is 0 Å². The number of aromatic nitrogens is 4. The van der Waals surface area contributed by atoms with Gasteiger partial charge in [0.15, 0.2) is 0 Å². The third-order valence-corrected chi connectivity index (χ3v) is 4.90. The summed E-state index contributed by atoms with van der Waals surface area (Å²) in [5.41, 5.74) is 0.532. The van der Waals surface area contributed by atoms with Crippen LogP contribution in [-0.2, 0) is 16.0 Å². The van der Waals surface area contributed by atoms with E-state index < -0.39 is 5.60 Å². The monoisotopic (exact) mass is 357 g/mol. The summed E-state index contributed by atoms with van der Waals surface area (Å²) >= 11 is 0. The lowest BCUT2D eigenvalue weighted by Gasteiger charge is -2.32. The van der Waals surface area contributed by atoms with Crippen molar-refractivity contribution in [2.24, 2.45) is 0 Å². The zero-order valence-corrected chi connectivity index (χ0v) is 14.9. The summed E-state index contributed by atoms with van der Waals surface area (Å²) in [6.07, 6.45) is 6.97. The van der Waals surface area contributed by atoms with Gasteiger partial charge in [0, 0.05) is 31.2 Å². The van der Waals surface area contributed by atoms with Crippen LogP contribution < -0.4 is 10.5 Å². The number of ether oxygens (including phenoxy) is 2. The van der Waals surface area contributed by atoms with E-state index in [4.69, 9.17) is 9.47 Å². The summed E-state index contributed by atoms with van der Waals surface area (Å²) in [5, 5.41) is 4.13. The number of aryl methyl sites for hydroxylation is 1. The molecule has 2 aromatic heterocycles. The van der Waals surface area contributed by atoms with E-state index in [1.807, 2.05) is 19.3 Å². The van der Waals surface area contributed by atoms with Gasteiger partial charge in [-0.3, -0.25) is 4.79 Å². The number of nitrogens with zero attached hydrogens (tertiary/aromatic N) is 5. The van der Waals surface area contributed by atoms with Crippen molar-refractivity contribution in [2.75, 3.05) is 31.2 Å². The van der Waals surface area contributed by atoms with E-state index in [-0.39, 0.29) is 11.7 Å². The molecular formula is C18H23N5O3. The molecule has 2 atom stereocenters. The van der Waals surface area contributed by atoms with Gasteiger partial charge in [-0.25, -0.2) is 14.6 Å². The Balaban J connectivity index is 1.48. The zero-order chi connectivity index (χ0) is 18.0. The molecule has 1 spiro atoms. The smallest absolute Gasteiger partial charge is 0.266 e. The molecule has 0 radical (unpaired) electrons. The lowest BCUT2D eigenvalue weighted by molar-refractivity contribution is -0.0810. The van der Waals surface area contributed by atoms with Crippen LogP contribution in [0.25, 0.3) is 0 Å². The molecule has 2 aliphatic rings. The molecule has 2 fully saturated rings. The van der Waals surface area contributed by atoms with E-state index in [0.29, 0.717) is 32.3 Å². The van der Waals surface area contributed by atoms with E-state index in [0.717, 1.165) is 24.9 Å². The van der Waals surface area contributed by atoms with Crippen molar-refractivity contribution in [3.05, 3.63) is 46.6 Å². The summed E-state index contributed by atoms with van der Waals surface area (Å²) < 4.78 is 13.7. The molecule has 0 amide bonds. The standard InChI is InChI=1S/C18H23N5O3/c1-14-9-19-17(20-10-14)22-7-8-25-13-18(12-22)5-4-15(26-18)11-23-16(24)3-2-6-21-23/h2-3,6,9-10,15H,4-5,7-8,11-13H2,1H3. The maximum Gasteiger partial charge on any atom is 0.266 e. The topological polar surface area (TPSA) is 82.4 Å². The minimum absolute atomic E-state index is 0.0508. The van der Waals surface area contributed by atoms with Gasteiger partial charge in [0.25, 0.3) is 5.56 Å². The highest BCUT2D eigenvalue weighted by Crippen LogP contribution is 2.34. The van der Waals surface area contributed by atoms with Crippen LogP contribution in [0.15, 0.2) is 35.5 Å². The van der Waals surface area contributed by atoms with E-state index in [1.54, 1.807) is 12.3 Å². The van der Waals surface area contributed by atoms with Crippen LogP contribution in [0.5, 0.6) is 0 Å². The highest BCUT2D eigenvalue weighted by molar-refractivity contribution is 5.31. The first-order valence-corrected chi connectivity index (χ1v) is 8.95. The molecule has 8 nitrogen and oxygen atoms in total. The van der Waals surface area contributed by atoms with Crippen LogP contribution in [0, 0.1) is 6.92 Å². The SMILES string of the molecule is Cc1cnc(N2CCOCC3(CCC(Cn4ncccc4=O)O3)C2)nc1. The van der Waals surface area contributed by atoms with Gasteiger partial charge in [0.2, 0.25) is 5.95 Å². The molecule has 4 heterocycles. The van der Waals surface area contributed by atoms with Gasteiger partial charge in [0.1, 0.15) is 5.60 Å². The number of hydrogen-bond donors (Lipinski definition) is 0. The molecule has 138 valence electrons. The normalized spacial score (nSPS) is 26.2. The Hall–Kier alpha value is -2.32. The molecule has 2 saturated heterocycles. The van der Waals surface area contributed by atoms with Crippen molar-refractivity contribution in [1.29, 1.82) is 0 Å². The molecule has 2 aliphatic heterocycles. The molecule has 0 aromatic carbocycles. The van der Waals surface area contributed by atoms with Crippen molar-refractivity contribution in [3.63, 3.8) is 0 Å². The second-order valence-corrected chi connectivity index (χ2v) is 7.04. The van der Waals surface area contributed by atoms with Gasteiger partial charge in [0.05, 0.1) is 32.4 Å². The number of rotatable bonds is 3.